The Kier molecular flexibility index (Phi) is 4.97. The first-order valence-electron chi connectivity index (χ1n) is 7.22. The first-order chi connectivity index (χ1) is 9.19. The Labute approximate surface area is 115 Å². The Morgan fingerprint density at radius 1 is 1.21 bits per heavy atom. The van der Waals surface area contributed by atoms with Gasteiger partial charge in [0.05, 0.1) is 5.92 Å². The van der Waals surface area contributed by atoms with Gasteiger partial charge < -0.3 is 5.11 Å². The highest BCUT2D eigenvalue weighted by Gasteiger charge is 2.24. The van der Waals surface area contributed by atoms with Crippen molar-refractivity contribution in [2.45, 2.75) is 39.2 Å². The lowest BCUT2D eigenvalue weighted by molar-refractivity contribution is -0.143. The zero-order valence-electron chi connectivity index (χ0n) is 11.6. The van der Waals surface area contributed by atoms with Crippen LogP contribution in [0.3, 0.4) is 0 Å². The van der Waals surface area contributed by atoms with E-state index in [1.807, 2.05) is 0 Å². The summed E-state index contributed by atoms with van der Waals surface area (Å²) < 4.78 is 0. The molecule has 1 aliphatic rings. The molecule has 1 heterocycles. The summed E-state index contributed by atoms with van der Waals surface area (Å²) in [5, 5.41) is 8.98. The van der Waals surface area contributed by atoms with Crippen molar-refractivity contribution in [2.24, 2.45) is 5.92 Å². The van der Waals surface area contributed by atoms with Crippen molar-refractivity contribution in [1.82, 2.24) is 4.90 Å². The minimum Gasteiger partial charge on any atom is -0.481 e. The number of likely N-dealkylation sites (tertiary alicyclic amines) is 1. The first-order valence-corrected chi connectivity index (χ1v) is 7.22. The van der Waals surface area contributed by atoms with Crippen LogP contribution in [0.15, 0.2) is 24.3 Å². The topological polar surface area (TPSA) is 40.5 Å². The monoisotopic (exact) mass is 261 g/mol. The molecule has 1 fully saturated rings. The number of carboxylic acid groups (broad SMARTS) is 1. The van der Waals surface area contributed by atoms with E-state index in [2.05, 4.69) is 36.1 Å². The largest absolute Gasteiger partial charge is 0.481 e. The van der Waals surface area contributed by atoms with Gasteiger partial charge in [-0.05, 0) is 43.5 Å². The highest BCUT2D eigenvalue weighted by atomic mass is 16.4. The average Bonchev–Trinajstić information content (AvgIpc) is 2.42. The normalized spacial score (nSPS) is 17.5. The first kappa shape index (κ1) is 14.1. The zero-order valence-corrected chi connectivity index (χ0v) is 11.6. The van der Waals surface area contributed by atoms with E-state index in [1.165, 1.54) is 17.5 Å². The number of carboxylic acids is 1. The second kappa shape index (κ2) is 6.71. The third-order valence-corrected chi connectivity index (χ3v) is 3.90. The van der Waals surface area contributed by atoms with Gasteiger partial charge in [-0.2, -0.15) is 0 Å². The molecule has 0 atom stereocenters. The minimum absolute atomic E-state index is 0.136. The fourth-order valence-electron chi connectivity index (χ4n) is 2.70. The fourth-order valence-corrected chi connectivity index (χ4v) is 2.70. The maximum Gasteiger partial charge on any atom is 0.306 e. The molecule has 0 bridgehead atoms. The van der Waals surface area contributed by atoms with Crippen molar-refractivity contribution in [2.75, 3.05) is 13.1 Å². The molecule has 0 spiro atoms. The summed E-state index contributed by atoms with van der Waals surface area (Å²) in [6, 6.07) is 8.83. The minimum atomic E-state index is -0.636. The predicted molar refractivity (Wildman–Crippen MR) is 76.1 cm³/mol. The lowest BCUT2D eigenvalue weighted by atomic mass is 9.96. The Morgan fingerprint density at radius 2 is 1.79 bits per heavy atom. The van der Waals surface area contributed by atoms with Gasteiger partial charge in [0.25, 0.3) is 0 Å². The van der Waals surface area contributed by atoms with Crippen molar-refractivity contribution < 1.29 is 9.90 Å². The van der Waals surface area contributed by atoms with E-state index in [4.69, 9.17) is 5.11 Å². The van der Waals surface area contributed by atoms with Crippen LogP contribution >= 0.6 is 0 Å². The molecule has 0 aliphatic carbocycles. The molecule has 0 radical (unpaired) electrons. The zero-order chi connectivity index (χ0) is 13.7. The Morgan fingerprint density at radius 3 is 2.32 bits per heavy atom. The summed E-state index contributed by atoms with van der Waals surface area (Å²) in [5.74, 6) is -0.772. The van der Waals surface area contributed by atoms with Crippen LogP contribution in [0.25, 0.3) is 0 Å². The Hall–Kier alpha value is -1.35. The van der Waals surface area contributed by atoms with Crippen LogP contribution in [0.2, 0.25) is 0 Å². The molecule has 3 nitrogen and oxygen atoms in total. The number of hydrogen-bond acceptors (Lipinski definition) is 2. The molecule has 1 saturated heterocycles. The maximum atomic E-state index is 10.9. The fraction of sp³-hybridized carbons (Fsp3) is 0.562. The summed E-state index contributed by atoms with van der Waals surface area (Å²) in [6.45, 7) is 4.93. The molecule has 1 aliphatic heterocycles. The van der Waals surface area contributed by atoms with E-state index in [1.54, 1.807) is 0 Å². The van der Waals surface area contributed by atoms with Crippen LogP contribution in [0.5, 0.6) is 0 Å². The van der Waals surface area contributed by atoms with Gasteiger partial charge >= 0.3 is 5.97 Å². The van der Waals surface area contributed by atoms with Crippen molar-refractivity contribution in [3.05, 3.63) is 35.4 Å². The number of aliphatic carboxylic acids is 1. The van der Waals surface area contributed by atoms with Gasteiger partial charge in [-0.3, -0.25) is 9.69 Å². The predicted octanol–water partition coefficient (Wildman–Crippen LogP) is 2.94. The third kappa shape index (κ3) is 4.06. The van der Waals surface area contributed by atoms with Crippen molar-refractivity contribution >= 4 is 5.97 Å². The van der Waals surface area contributed by atoms with Crippen molar-refractivity contribution in [3.8, 4) is 0 Å². The highest BCUT2D eigenvalue weighted by Crippen LogP contribution is 2.19. The number of hydrogen-bond donors (Lipinski definition) is 1. The molecule has 3 heteroatoms. The van der Waals surface area contributed by atoms with Crippen molar-refractivity contribution in [1.29, 1.82) is 0 Å². The maximum absolute atomic E-state index is 10.9. The molecule has 1 aromatic rings. The van der Waals surface area contributed by atoms with Crippen LogP contribution < -0.4 is 0 Å². The molecule has 0 amide bonds. The van der Waals surface area contributed by atoms with Gasteiger partial charge in [-0.25, -0.2) is 0 Å². The molecule has 1 aromatic carbocycles. The lowest BCUT2D eigenvalue weighted by Crippen LogP contribution is -2.35. The van der Waals surface area contributed by atoms with Crippen LogP contribution in [0, 0.1) is 5.92 Å². The standard InChI is InChI=1S/C16H23NO2/c1-2-3-13-4-6-14(7-5-13)12-17-10-8-15(9-11-17)16(18)19/h4-7,15H,2-3,8-12H2,1H3,(H,18,19). The number of nitrogens with zero attached hydrogens (tertiary/aromatic N) is 1. The SMILES string of the molecule is CCCc1ccc(CN2CCC(C(=O)O)CC2)cc1. The number of rotatable bonds is 5. The number of aryl methyl sites for hydroxylation is 1. The molecular weight excluding hydrogens is 238 g/mol. The Bertz CT molecular complexity index is 405. The van der Waals surface area contributed by atoms with Gasteiger partial charge in [0.2, 0.25) is 0 Å². The number of carbonyl (C=O) groups is 1. The van der Waals surface area contributed by atoms with E-state index in [0.29, 0.717) is 0 Å². The van der Waals surface area contributed by atoms with E-state index < -0.39 is 5.97 Å². The summed E-state index contributed by atoms with van der Waals surface area (Å²) in [4.78, 5) is 13.3. The molecule has 2 rings (SSSR count). The molecule has 19 heavy (non-hydrogen) atoms. The smallest absolute Gasteiger partial charge is 0.306 e. The summed E-state index contributed by atoms with van der Waals surface area (Å²) in [7, 11) is 0. The molecular formula is C16H23NO2. The summed E-state index contributed by atoms with van der Waals surface area (Å²) >= 11 is 0. The van der Waals surface area contributed by atoms with Gasteiger partial charge in [0, 0.05) is 6.54 Å². The third-order valence-electron chi connectivity index (χ3n) is 3.90. The van der Waals surface area contributed by atoms with E-state index >= 15 is 0 Å². The second-order valence-electron chi connectivity index (χ2n) is 5.46. The van der Waals surface area contributed by atoms with Crippen molar-refractivity contribution in [3.63, 3.8) is 0 Å². The van der Waals surface area contributed by atoms with Crippen LogP contribution in [-0.4, -0.2) is 29.1 Å². The van der Waals surface area contributed by atoms with E-state index in [-0.39, 0.29) is 5.92 Å². The van der Waals surface area contributed by atoms with Gasteiger partial charge in [-0.15, -0.1) is 0 Å². The van der Waals surface area contributed by atoms with Gasteiger partial charge in [-0.1, -0.05) is 37.6 Å². The van der Waals surface area contributed by atoms with Crippen LogP contribution in [0.1, 0.15) is 37.3 Å². The Balaban J connectivity index is 1.83. The molecule has 104 valence electrons. The highest BCUT2D eigenvalue weighted by molar-refractivity contribution is 5.70. The van der Waals surface area contributed by atoms with Gasteiger partial charge in [0.1, 0.15) is 0 Å². The van der Waals surface area contributed by atoms with Crippen LogP contribution in [0.4, 0.5) is 0 Å². The van der Waals surface area contributed by atoms with E-state index in [9.17, 15) is 4.79 Å². The average molecular weight is 261 g/mol. The molecule has 0 saturated carbocycles. The summed E-state index contributed by atoms with van der Waals surface area (Å²) in [5.41, 5.74) is 2.73. The van der Waals surface area contributed by atoms with E-state index in [0.717, 1.165) is 38.9 Å². The second-order valence-corrected chi connectivity index (χ2v) is 5.46. The van der Waals surface area contributed by atoms with Crippen LogP contribution in [-0.2, 0) is 17.8 Å². The number of benzene rings is 1. The van der Waals surface area contributed by atoms with Gasteiger partial charge in [0.15, 0.2) is 0 Å². The lowest BCUT2D eigenvalue weighted by Gasteiger charge is -2.30. The number of piperidine rings is 1. The molecule has 1 N–H and O–H groups in total. The quantitative estimate of drug-likeness (QED) is 0.886. The molecule has 0 aromatic heterocycles. The summed E-state index contributed by atoms with van der Waals surface area (Å²) in [6.07, 6.45) is 3.89. The molecule has 0 unspecified atom stereocenters.